The van der Waals surface area contributed by atoms with Gasteiger partial charge in [-0.05, 0) is 28.7 Å². The third-order valence-electron chi connectivity index (χ3n) is 4.27. The molecular formula is C21H20O. The van der Waals surface area contributed by atoms with Crippen LogP contribution in [0.3, 0.4) is 0 Å². The topological polar surface area (TPSA) is 17.1 Å². The fourth-order valence-corrected chi connectivity index (χ4v) is 2.93. The highest BCUT2D eigenvalue weighted by molar-refractivity contribution is 5.96. The molecule has 0 aliphatic carbocycles. The highest BCUT2D eigenvalue weighted by atomic mass is 16.1. The molecule has 0 radical (unpaired) electrons. The number of hydrogen-bond acceptors (Lipinski definition) is 1. The summed E-state index contributed by atoms with van der Waals surface area (Å²) >= 11 is 0. The maximum Gasteiger partial charge on any atom is 0.163 e. The van der Waals surface area contributed by atoms with Crippen molar-refractivity contribution in [2.45, 2.75) is 25.7 Å². The van der Waals surface area contributed by atoms with Gasteiger partial charge in [0.15, 0.2) is 5.78 Å². The first-order valence-corrected chi connectivity index (χ1v) is 7.85. The van der Waals surface area contributed by atoms with Crippen LogP contribution in [-0.2, 0) is 0 Å². The molecule has 0 aromatic heterocycles. The second-order valence-electron chi connectivity index (χ2n) is 5.71. The van der Waals surface area contributed by atoms with Gasteiger partial charge in [-0.15, -0.1) is 0 Å². The highest BCUT2D eigenvalue weighted by Gasteiger charge is 2.15. The second-order valence-corrected chi connectivity index (χ2v) is 5.71. The molecule has 0 fully saturated rings. The Labute approximate surface area is 131 Å². The molecule has 3 rings (SSSR count). The summed E-state index contributed by atoms with van der Waals surface area (Å²) in [5.41, 5.74) is 2.06. The Morgan fingerprint density at radius 3 is 2.27 bits per heavy atom. The Morgan fingerprint density at radius 1 is 0.864 bits per heavy atom. The van der Waals surface area contributed by atoms with Crippen molar-refractivity contribution >= 4 is 16.6 Å². The van der Waals surface area contributed by atoms with Gasteiger partial charge in [-0.25, -0.2) is 0 Å². The molecule has 0 aliphatic heterocycles. The van der Waals surface area contributed by atoms with Crippen molar-refractivity contribution in [2.75, 3.05) is 0 Å². The molecule has 0 N–H and O–H groups in total. The van der Waals surface area contributed by atoms with Crippen LogP contribution in [0.5, 0.6) is 0 Å². The number of Topliss-reactive ketones (excluding diaryl/α,β-unsaturated/α-hetero) is 1. The lowest BCUT2D eigenvalue weighted by Crippen LogP contribution is -2.07. The third kappa shape index (κ3) is 3.09. The summed E-state index contributed by atoms with van der Waals surface area (Å²) in [6.45, 7) is 2.15. The average molecular weight is 288 g/mol. The van der Waals surface area contributed by atoms with E-state index in [0.29, 0.717) is 6.42 Å². The van der Waals surface area contributed by atoms with Crippen LogP contribution >= 0.6 is 0 Å². The van der Waals surface area contributed by atoms with Crippen molar-refractivity contribution in [3.63, 3.8) is 0 Å². The lowest BCUT2D eigenvalue weighted by molar-refractivity contribution is 0.0973. The molecule has 0 bridgehead atoms. The third-order valence-corrected chi connectivity index (χ3v) is 4.27. The largest absolute Gasteiger partial charge is 0.294 e. The fraction of sp³-hybridized carbons (Fsp3) is 0.190. The van der Waals surface area contributed by atoms with Gasteiger partial charge in [-0.3, -0.25) is 4.79 Å². The molecule has 0 saturated heterocycles. The Balaban J connectivity index is 1.85. The van der Waals surface area contributed by atoms with Gasteiger partial charge in [-0.2, -0.15) is 0 Å². The van der Waals surface area contributed by atoms with E-state index in [9.17, 15) is 4.79 Å². The van der Waals surface area contributed by atoms with Gasteiger partial charge in [0.2, 0.25) is 0 Å². The van der Waals surface area contributed by atoms with E-state index in [4.69, 9.17) is 0 Å². The molecule has 1 atom stereocenters. The van der Waals surface area contributed by atoms with Gasteiger partial charge in [0.05, 0.1) is 0 Å². The minimum absolute atomic E-state index is 0.223. The summed E-state index contributed by atoms with van der Waals surface area (Å²) in [5, 5.41) is 2.49. The number of rotatable bonds is 5. The molecule has 0 aliphatic rings. The molecule has 0 unspecified atom stereocenters. The van der Waals surface area contributed by atoms with E-state index in [-0.39, 0.29) is 11.7 Å². The van der Waals surface area contributed by atoms with Gasteiger partial charge in [-0.1, -0.05) is 79.7 Å². The standard InChI is InChI=1S/C21H20O/c1-2-16(15-21(22)18-9-4-3-5-10-18)20-13-12-17-8-6-7-11-19(17)14-20/h3-14,16H,2,15H2,1H3/t16-/m1/s1. The molecule has 110 valence electrons. The minimum Gasteiger partial charge on any atom is -0.294 e. The van der Waals surface area contributed by atoms with Crippen molar-refractivity contribution in [3.05, 3.63) is 83.9 Å². The van der Waals surface area contributed by atoms with Gasteiger partial charge in [0.25, 0.3) is 0 Å². The zero-order valence-corrected chi connectivity index (χ0v) is 12.8. The molecule has 22 heavy (non-hydrogen) atoms. The molecule has 0 saturated carbocycles. The van der Waals surface area contributed by atoms with E-state index in [1.807, 2.05) is 30.3 Å². The average Bonchev–Trinajstić information content (AvgIpc) is 2.59. The smallest absolute Gasteiger partial charge is 0.163 e. The SMILES string of the molecule is CC[C@H](CC(=O)c1ccccc1)c1ccc2ccccc2c1. The first-order chi connectivity index (χ1) is 10.8. The molecule has 3 aromatic carbocycles. The Bertz CT molecular complexity index is 774. The van der Waals surface area contributed by atoms with Crippen molar-refractivity contribution < 1.29 is 4.79 Å². The van der Waals surface area contributed by atoms with Crippen molar-refractivity contribution in [2.24, 2.45) is 0 Å². The van der Waals surface area contributed by atoms with E-state index >= 15 is 0 Å². The lowest BCUT2D eigenvalue weighted by atomic mass is 9.88. The lowest BCUT2D eigenvalue weighted by Gasteiger charge is -2.15. The van der Waals surface area contributed by atoms with E-state index in [2.05, 4.69) is 49.4 Å². The summed E-state index contributed by atoms with van der Waals surface area (Å²) in [6.07, 6.45) is 1.54. The molecule has 1 heteroatoms. The zero-order valence-electron chi connectivity index (χ0n) is 12.8. The van der Waals surface area contributed by atoms with Crippen LogP contribution < -0.4 is 0 Å². The number of hydrogen-bond donors (Lipinski definition) is 0. The highest BCUT2D eigenvalue weighted by Crippen LogP contribution is 2.28. The maximum atomic E-state index is 12.5. The normalized spacial score (nSPS) is 12.2. The van der Waals surface area contributed by atoms with E-state index in [1.54, 1.807) is 0 Å². The minimum atomic E-state index is 0.223. The number of carbonyl (C=O) groups excluding carboxylic acids is 1. The molecule has 3 aromatic rings. The van der Waals surface area contributed by atoms with Crippen molar-refractivity contribution in [1.82, 2.24) is 0 Å². The Morgan fingerprint density at radius 2 is 1.55 bits per heavy atom. The van der Waals surface area contributed by atoms with E-state index in [1.165, 1.54) is 16.3 Å². The summed E-state index contributed by atoms with van der Waals surface area (Å²) in [4.78, 5) is 12.5. The van der Waals surface area contributed by atoms with Crippen LogP contribution in [0, 0.1) is 0 Å². The molecule has 0 heterocycles. The van der Waals surface area contributed by atoms with E-state index < -0.39 is 0 Å². The number of carbonyl (C=O) groups is 1. The first kappa shape index (κ1) is 14.5. The first-order valence-electron chi connectivity index (χ1n) is 7.85. The number of fused-ring (bicyclic) bond motifs is 1. The monoisotopic (exact) mass is 288 g/mol. The van der Waals surface area contributed by atoms with Crippen LogP contribution in [0.25, 0.3) is 10.8 Å². The van der Waals surface area contributed by atoms with Crippen LogP contribution in [0.4, 0.5) is 0 Å². The summed E-state index contributed by atoms with van der Waals surface area (Å²) < 4.78 is 0. The van der Waals surface area contributed by atoms with Crippen molar-refractivity contribution in [3.8, 4) is 0 Å². The maximum absolute atomic E-state index is 12.5. The Hall–Kier alpha value is -2.41. The van der Waals surface area contributed by atoms with E-state index in [0.717, 1.165) is 12.0 Å². The van der Waals surface area contributed by atoms with Crippen LogP contribution in [0.1, 0.15) is 41.6 Å². The predicted octanol–water partition coefficient (Wildman–Crippen LogP) is 5.61. The van der Waals surface area contributed by atoms with Crippen LogP contribution in [0.15, 0.2) is 72.8 Å². The van der Waals surface area contributed by atoms with Crippen molar-refractivity contribution in [1.29, 1.82) is 0 Å². The van der Waals surface area contributed by atoms with Gasteiger partial charge in [0.1, 0.15) is 0 Å². The van der Waals surface area contributed by atoms with Crippen LogP contribution in [-0.4, -0.2) is 5.78 Å². The quantitative estimate of drug-likeness (QED) is 0.558. The molecule has 1 nitrogen and oxygen atoms in total. The molecule has 0 amide bonds. The predicted molar refractivity (Wildman–Crippen MR) is 92.4 cm³/mol. The second kappa shape index (κ2) is 6.57. The van der Waals surface area contributed by atoms with Gasteiger partial charge >= 0.3 is 0 Å². The van der Waals surface area contributed by atoms with Gasteiger partial charge < -0.3 is 0 Å². The molecular weight excluding hydrogens is 268 g/mol. The summed E-state index contributed by atoms with van der Waals surface area (Å²) in [5.74, 6) is 0.498. The molecule has 0 spiro atoms. The Kier molecular flexibility index (Phi) is 4.34. The fourth-order valence-electron chi connectivity index (χ4n) is 2.93. The van der Waals surface area contributed by atoms with Crippen LogP contribution in [0.2, 0.25) is 0 Å². The zero-order chi connectivity index (χ0) is 15.4. The summed E-state index contributed by atoms with van der Waals surface area (Å²) in [7, 11) is 0. The van der Waals surface area contributed by atoms with Gasteiger partial charge in [0, 0.05) is 12.0 Å². The number of ketones is 1. The number of benzene rings is 3. The summed E-state index contributed by atoms with van der Waals surface area (Å²) in [6, 6.07) is 24.5.